The zero-order chi connectivity index (χ0) is 12.1. The summed E-state index contributed by atoms with van der Waals surface area (Å²) in [6, 6.07) is 2.97. The lowest BCUT2D eigenvalue weighted by molar-refractivity contribution is 0.457. The van der Waals surface area contributed by atoms with Gasteiger partial charge in [0.1, 0.15) is 0 Å². The Bertz CT molecular complexity index is 387. The van der Waals surface area contributed by atoms with Crippen LogP contribution in [0.1, 0.15) is 43.0 Å². The van der Waals surface area contributed by atoms with E-state index >= 15 is 0 Å². The van der Waals surface area contributed by atoms with Crippen LogP contribution in [-0.4, -0.2) is 6.04 Å². The predicted molar refractivity (Wildman–Crippen MR) is 72.0 cm³/mol. The Labute approximate surface area is 103 Å². The van der Waals surface area contributed by atoms with E-state index < -0.39 is 0 Å². The summed E-state index contributed by atoms with van der Waals surface area (Å²) in [6.07, 6.45) is 0. The summed E-state index contributed by atoms with van der Waals surface area (Å²) in [5, 5.41) is 3.71. The second kappa shape index (κ2) is 3.58. The third-order valence-corrected chi connectivity index (χ3v) is 5.67. The average Bonchev–Trinajstić information content (AvgIpc) is 2.38. The maximum absolute atomic E-state index is 3.71. The van der Waals surface area contributed by atoms with Crippen molar-refractivity contribution in [2.45, 2.75) is 54.1 Å². The average molecular weight is 237 g/mol. The van der Waals surface area contributed by atoms with Crippen molar-refractivity contribution in [1.82, 2.24) is 5.32 Å². The largest absolute Gasteiger partial charge is 0.309 e. The molecule has 1 aromatic rings. The SMILES string of the molecule is Cc1cc(CNC2C(C)(C)C2(C)C)c(C)s1. The molecule has 90 valence electrons. The quantitative estimate of drug-likeness (QED) is 0.841. The van der Waals surface area contributed by atoms with Crippen LogP contribution in [-0.2, 0) is 6.54 Å². The number of nitrogens with one attached hydrogen (secondary N) is 1. The molecule has 1 saturated carbocycles. The normalized spacial score (nSPS) is 22.4. The molecule has 1 aliphatic carbocycles. The maximum Gasteiger partial charge on any atom is 0.0219 e. The van der Waals surface area contributed by atoms with Crippen LogP contribution in [0.3, 0.4) is 0 Å². The van der Waals surface area contributed by atoms with Crippen molar-refractivity contribution >= 4 is 11.3 Å². The van der Waals surface area contributed by atoms with Crippen LogP contribution in [0.5, 0.6) is 0 Å². The lowest BCUT2D eigenvalue weighted by atomic mass is 10.0. The van der Waals surface area contributed by atoms with Gasteiger partial charge in [-0.25, -0.2) is 0 Å². The predicted octanol–water partition coefficient (Wildman–Crippen LogP) is 3.89. The van der Waals surface area contributed by atoms with Crippen LogP contribution >= 0.6 is 11.3 Å². The standard InChI is InChI=1S/C14H23NS/c1-9-7-11(10(2)16-9)8-15-12-13(3,4)14(12,5)6/h7,12,15H,8H2,1-6H3. The van der Waals surface area contributed by atoms with Gasteiger partial charge in [-0.15, -0.1) is 11.3 Å². The van der Waals surface area contributed by atoms with Crippen molar-refractivity contribution in [3.8, 4) is 0 Å². The Morgan fingerprint density at radius 1 is 1.19 bits per heavy atom. The smallest absolute Gasteiger partial charge is 0.0219 e. The molecule has 0 amide bonds. The fourth-order valence-corrected chi connectivity index (χ4v) is 3.72. The van der Waals surface area contributed by atoms with E-state index in [-0.39, 0.29) is 0 Å². The van der Waals surface area contributed by atoms with Crippen LogP contribution in [0.2, 0.25) is 0 Å². The Balaban J connectivity index is 1.98. The fraction of sp³-hybridized carbons (Fsp3) is 0.714. The number of hydrogen-bond acceptors (Lipinski definition) is 2. The summed E-state index contributed by atoms with van der Waals surface area (Å²) in [5.41, 5.74) is 2.35. The molecule has 0 saturated heterocycles. The molecular formula is C14H23NS. The molecule has 0 unspecified atom stereocenters. The summed E-state index contributed by atoms with van der Waals surface area (Å²) in [6.45, 7) is 14.9. The Hall–Kier alpha value is -0.340. The molecule has 1 heterocycles. The highest BCUT2D eigenvalue weighted by Gasteiger charge is 2.64. The van der Waals surface area contributed by atoms with Gasteiger partial charge in [-0.05, 0) is 36.3 Å². The van der Waals surface area contributed by atoms with Crippen molar-refractivity contribution in [1.29, 1.82) is 0 Å². The van der Waals surface area contributed by atoms with Crippen molar-refractivity contribution < 1.29 is 0 Å². The number of rotatable bonds is 3. The number of hydrogen-bond donors (Lipinski definition) is 1. The second-order valence-corrected chi connectivity index (χ2v) is 7.66. The van der Waals surface area contributed by atoms with Gasteiger partial charge >= 0.3 is 0 Å². The zero-order valence-corrected chi connectivity index (χ0v) is 12.1. The third-order valence-electron chi connectivity index (χ3n) is 4.66. The molecule has 0 bridgehead atoms. The Morgan fingerprint density at radius 2 is 1.75 bits per heavy atom. The first kappa shape index (κ1) is 12.1. The van der Waals surface area contributed by atoms with E-state index in [2.05, 4.69) is 52.9 Å². The molecule has 0 aromatic carbocycles. The second-order valence-electron chi connectivity index (χ2n) is 6.20. The van der Waals surface area contributed by atoms with Gasteiger partial charge in [-0.2, -0.15) is 0 Å². The van der Waals surface area contributed by atoms with E-state index in [1.807, 2.05) is 11.3 Å². The van der Waals surface area contributed by atoms with E-state index in [1.54, 1.807) is 0 Å². The van der Waals surface area contributed by atoms with E-state index in [0.29, 0.717) is 16.9 Å². The first-order chi connectivity index (χ1) is 7.26. The Morgan fingerprint density at radius 3 is 2.12 bits per heavy atom. The third kappa shape index (κ3) is 1.72. The molecule has 2 rings (SSSR count). The molecule has 0 atom stereocenters. The van der Waals surface area contributed by atoms with E-state index in [0.717, 1.165) is 6.54 Å². The minimum absolute atomic E-state index is 0.436. The molecule has 16 heavy (non-hydrogen) atoms. The van der Waals surface area contributed by atoms with Gasteiger partial charge in [-0.3, -0.25) is 0 Å². The lowest BCUT2D eigenvalue weighted by Crippen LogP contribution is -2.21. The van der Waals surface area contributed by atoms with Gasteiger partial charge in [0.15, 0.2) is 0 Å². The first-order valence-electron chi connectivity index (χ1n) is 6.06. The molecule has 1 nitrogen and oxygen atoms in total. The molecule has 2 heteroatoms. The minimum atomic E-state index is 0.436. The minimum Gasteiger partial charge on any atom is -0.309 e. The van der Waals surface area contributed by atoms with Crippen molar-refractivity contribution in [2.24, 2.45) is 10.8 Å². The monoisotopic (exact) mass is 237 g/mol. The summed E-state index contributed by atoms with van der Waals surface area (Å²) in [5.74, 6) is 0. The van der Waals surface area contributed by atoms with Crippen molar-refractivity contribution in [2.75, 3.05) is 0 Å². The highest BCUT2D eigenvalue weighted by atomic mass is 32.1. The van der Waals surface area contributed by atoms with Gasteiger partial charge in [0.25, 0.3) is 0 Å². The summed E-state index contributed by atoms with van der Waals surface area (Å²) >= 11 is 1.90. The summed E-state index contributed by atoms with van der Waals surface area (Å²) in [4.78, 5) is 2.88. The fourth-order valence-electron chi connectivity index (χ4n) is 2.78. The van der Waals surface area contributed by atoms with Gasteiger partial charge in [0.05, 0.1) is 0 Å². The zero-order valence-electron chi connectivity index (χ0n) is 11.3. The molecule has 1 N–H and O–H groups in total. The summed E-state index contributed by atoms with van der Waals surface area (Å²) < 4.78 is 0. The van der Waals surface area contributed by atoms with Gasteiger partial charge in [0.2, 0.25) is 0 Å². The number of thiophene rings is 1. The van der Waals surface area contributed by atoms with Crippen molar-refractivity contribution in [3.05, 3.63) is 21.4 Å². The highest BCUT2D eigenvalue weighted by Crippen LogP contribution is 2.62. The van der Waals surface area contributed by atoms with E-state index in [1.165, 1.54) is 15.3 Å². The summed E-state index contributed by atoms with van der Waals surface area (Å²) in [7, 11) is 0. The van der Waals surface area contributed by atoms with E-state index in [9.17, 15) is 0 Å². The molecule has 1 aromatic heterocycles. The first-order valence-corrected chi connectivity index (χ1v) is 6.88. The lowest BCUT2D eigenvalue weighted by Gasteiger charge is -2.05. The highest BCUT2D eigenvalue weighted by molar-refractivity contribution is 7.12. The molecule has 0 radical (unpaired) electrons. The molecule has 0 aliphatic heterocycles. The topological polar surface area (TPSA) is 12.0 Å². The van der Waals surface area contributed by atoms with Gasteiger partial charge in [0, 0.05) is 22.3 Å². The van der Waals surface area contributed by atoms with Crippen LogP contribution in [0.15, 0.2) is 6.07 Å². The number of aryl methyl sites for hydroxylation is 2. The van der Waals surface area contributed by atoms with Crippen LogP contribution < -0.4 is 5.32 Å². The van der Waals surface area contributed by atoms with Crippen molar-refractivity contribution in [3.63, 3.8) is 0 Å². The van der Waals surface area contributed by atoms with Gasteiger partial charge in [-0.1, -0.05) is 27.7 Å². The molecule has 0 spiro atoms. The maximum atomic E-state index is 3.71. The van der Waals surface area contributed by atoms with Crippen LogP contribution in [0.4, 0.5) is 0 Å². The van der Waals surface area contributed by atoms with Crippen LogP contribution in [0.25, 0.3) is 0 Å². The molecule has 1 aliphatic rings. The van der Waals surface area contributed by atoms with E-state index in [4.69, 9.17) is 0 Å². The van der Waals surface area contributed by atoms with Gasteiger partial charge < -0.3 is 5.32 Å². The van der Waals surface area contributed by atoms with Crippen LogP contribution in [0, 0.1) is 24.7 Å². The Kier molecular flexibility index (Phi) is 2.71. The molecule has 1 fully saturated rings. The molecular weight excluding hydrogens is 214 g/mol.